The highest BCUT2D eigenvalue weighted by atomic mass is 16.5. The third-order valence-electron chi connectivity index (χ3n) is 2.78. The van der Waals surface area contributed by atoms with Gasteiger partial charge < -0.3 is 9.84 Å². The molecular formula is C9H18O2. The van der Waals surface area contributed by atoms with E-state index in [9.17, 15) is 5.11 Å². The zero-order chi connectivity index (χ0) is 8.48. The van der Waals surface area contributed by atoms with Crippen LogP contribution in [0.15, 0.2) is 0 Å². The molecule has 0 saturated heterocycles. The Labute approximate surface area is 68.6 Å². The normalized spacial score (nSPS) is 24.8. The zero-order valence-electron chi connectivity index (χ0n) is 7.63. The van der Waals surface area contributed by atoms with Gasteiger partial charge in [0.05, 0.1) is 11.7 Å². The van der Waals surface area contributed by atoms with Crippen molar-refractivity contribution in [2.75, 3.05) is 7.11 Å². The number of methoxy groups -OCH3 is 1. The van der Waals surface area contributed by atoms with Crippen LogP contribution in [-0.4, -0.2) is 23.9 Å². The second-order valence-corrected chi connectivity index (χ2v) is 3.81. The van der Waals surface area contributed by atoms with Crippen molar-refractivity contribution in [3.63, 3.8) is 0 Å². The Morgan fingerprint density at radius 2 is 1.91 bits per heavy atom. The largest absolute Gasteiger partial charge is 0.390 e. The summed E-state index contributed by atoms with van der Waals surface area (Å²) in [6.07, 6.45) is 2.93. The van der Waals surface area contributed by atoms with Crippen LogP contribution in [0.25, 0.3) is 0 Å². The lowest BCUT2D eigenvalue weighted by atomic mass is 9.72. The second kappa shape index (κ2) is 3.11. The van der Waals surface area contributed by atoms with Crippen LogP contribution < -0.4 is 0 Å². The predicted octanol–water partition coefficient (Wildman–Crippen LogP) is 1.57. The Morgan fingerprint density at radius 3 is 2.00 bits per heavy atom. The molecule has 0 amide bonds. The van der Waals surface area contributed by atoms with Crippen molar-refractivity contribution in [1.82, 2.24) is 0 Å². The van der Waals surface area contributed by atoms with E-state index in [1.54, 1.807) is 7.11 Å². The molecule has 0 heterocycles. The third kappa shape index (κ3) is 1.42. The standard InChI is InChI=1S/C9H18O2/c1-7(2)8(10)9(11-3)5-4-6-9/h7-8,10H,4-6H2,1-3H3. The van der Waals surface area contributed by atoms with E-state index in [1.165, 1.54) is 6.42 Å². The fraction of sp³-hybridized carbons (Fsp3) is 1.00. The average molecular weight is 158 g/mol. The Bertz CT molecular complexity index is 122. The maximum Gasteiger partial charge on any atom is 0.0938 e. The highest BCUT2D eigenvalue weighted by molar-refractivity contribution is 4.96. The van der Waals surface area contributed by atoms with Crippen LogP contribution in [0.5, 0.6) is 0 Å². The molecule has 11 heavy (non-hydrogen) atoms. The molecule has 1 unspecified atom stereocenters. The number of aliphatic hydroxyl groups is 1. The van der Waals surface area contributed by atoms with Crippen LogP contribution in [0.1, 0.15) is 33.1 Å². The van der Waals surface area contributed by atoms with Gasteiger partial charge in [0.15, 0.2) is 0 Å². The van der Waals surface area contributed by atoms with Crippen LogP contribution in [0.3, 0.4) is 0 Å². The van der Waals surface area contributed by atoms with Crippen molar-refractivity contribution < 1.29 is 9.84 Å². The Hall–Kier alpha value is -0.0800. The van der Waals surface area contributed by atoms with Gasteiger partial charge in [-0.1, -0.05) is 13.8 Å². The van der Waals surface area contributed by atoms with E-state index in [-0.39, 0.29) is 11.7 Å². The third-order valence-corrected chi connectivity index (χ3v) is 2.78. The monoisotopic (exact) mass is 158 g/mol. The molecule has 1 aliphatic rings. The fourth-order valence-electron chi connectivity index (χ4n) is 1.75. The van der Waals surface area contributed by atoms with E-state index in [0.29, 0.717) is 5.92 Å². The van der Waals surface area contributed by atoms with E-state index in [4.69, 9.17) is 4.74 Å². The Morgan fingerprint density at radius 1 is 1.36 bits per heavy atom. The molecule has 66 valence electrons. The number of aliphatic hydroxyl groups excluding tert-OH is 1. The first kappa shape index (κ1) is 9.01. The quantitative estimate of drug-likeness (QED) is 0.675. The van der Waals surface area contributed by atoms with Gasteiger partial charge in [-0.05, 0) is 25.2 Å². The van der Waals surface area contributed by atoms with Gasteiger partial charge in [0.1, 0.15) is 0 Å². The molecule has 2 heteroatoms. The molecule has 0 spiro atoms. The summed E-state index contributed by atoms with van der Waals surface area (Å²) in [6.45, 7) is 4.06. The fourth-order valence-corrected chi connectivity index (χ4v) is 1.75. The summed E-state index contributed by atoms with van der Waals surface area (Å²) in [7, 11) is 1.70. The van der Waals surface area contributed by atoms with Crippen molar-refractivity contribution in [1.29, 1.82) is 0 Å². The van der Waals surface area contributed by atoms with E-state index in [1.807, 2.05) is 13.8 Å². The summed E-state index contributed by atoms with van der Waals surface area (Å²) in [5, 5.41) is 9.77. The van der Waals surface area contributed by atoms with Gasteiger partial charge in [0, 0.05) is 7.11 Å². The summed E-state index contributed by atoms with van der Waals surface area (Å²) < 4.78 is 5.35. The molecule has 0 bridgehead atoms. The molecule has 1 atom stereocenters. The Kier molecular flexibility index (Phi) is 2.55. The van der Waals surface area contributed by atoms with E-state index in [2.05, 4.69) is 0 Å². The molecule has 0 aromatic rings. The average Bonchev–Trinajstić information content (AvgIpc) is 1.86. The van der Waals surface area contributed by atoms with E-state index in [0.717, 1.165) is 12.8 Å². The summed E-state index contributed by atoms with van der Waals surface area (Å²) in [5.74, 6) is 0.301. The number of rotatable bonds is 3. The number of hydrogen-bond acceptors (Lipinski definition) is 2. The lowest BCUT2D eigenvalue weighted by Crippen LogP contribution is -2.52. The molecule has 0 aliphatic heterocycles. The zero-order valence-corrected chi connectivity index (χ0v) is 7.63. The van der Waals surface area contributed by atoms with Gasteiger partial charge in [0.2, 0.25) is 0 Å². The van der Waals surface area contributed by atoms with Gasteiger partial charge in [-0.2, -0.15) is 0 Å². The topological polar surface area (TPSA) is 29.5 Å². The minimum Gasteiger partial charge on any atom is -0.390 e. The van der Waals surface area contributed by atoms with Gasteiger partial charge >= 0.3 is 0 Å². The molecule has 1 saturated carbocycles. The smallest absolute Gasteiger partial charge is 0.0938 e. The van der Waals surface area contributed by atoms with Crippen molar-refractivity contribution in [2.45, 2.75) is 44.8 Å². The maximum absolute atomic E-state index is 9.77. The molecule has 0 aromatic heterocycles. The highest BCUT2D eigenvalue weighted by Crippen LogP contribution is 2.40. The van der Waals surface area contributed by atoms with Crippen LogP contribution in [0, 0.1) is 5.92 Å². The summed E-state index contributed by atoms with van der Waals surface area (Å²) in [6, 6.07) is 0. The molecule has 1 rings (SSSR count). The summed E-state index contributed by atoms with van der Waals surface area (Å²) in [4.78, 5) is 0. The molecule has 1 fully saturated rings. The van der Waals surface area contributed by atoms with Crippen molar-refractivity contribution in [3.8, 4) is 0 Å². The van der Waals surface area contributed by atoms with E-state index >= 15 is 0 Å². The van der Waals surface area contributed by atoms with Crippen molar-refractivity contribution in [2.24, 2.45) is 5.92 Å². The summed E-state index contributed by atoms with van der Waals surface area (Å²) >= 11 is 0. The lowest BCUT2D eigenvalue weighted by molar-refractivity contribution is -0.162. The van der Waals surface area contributed by atoms with Crippen LogP contribution >= 0.6 is 0 Å². The molecule has 1 N–H and O–H groups in total. The van der Waals surface area contributed by atoms with E-state index < -0.39 is 0 Å². The minimum absolute atomic E-state index is 0.200. The maximum atomic E-state index is 9.77. The lowest BCUT2D eigenvalue weighted by Gasteiger charge is -2.45. The van der Waals surface area contributed by atoms with Crippen LogP contribution in [0.4, 0.5) is 0 Å². The first-order chi connectivity index (χ1) is 5.12. The van der Waals surface area contributed by atoms with Crippen molar-refractivity contribution in [3.05, 3.63) is 0 Å². The summed E-state index contributed by atoms with van der Waals surface area (Å²) in [5.41, 5.74) is -0.200. The minimum atomic E-state index is -0.291. The molecule has 0 aromatic carbocycles. The van der Waals surface area contributed by atoms with Gasteiger partial charge in [0.25, 0.3) is 0 Å². The SMILES string of the molecule is COC1(C(O)C(C)C)CCC1. The molecule has 1 aliphatic carbocycles. The number of hydrogen-bond donors (Lipinski definition) is 1. The highest BCUT2D eigenvalue weighted by Gasteiger charge is 2.44. The first-order valence-electron chi connectivity index (χ1n) is 4.35. The second-order valence-electron chi connectivity index (χ2n) is 3.81. The predicted molar refractivity (Wildman–Crippen MR) is 44.4 cm³/mol. The van der Waals surface area contributed by atoms with Crippen LogP contribution in [0.2, 0.25) is 0 Å². The van der Waals surface area contributed by atoms with Gasteiger partial charge in [-0.25, -0.2) is 0 Å². The molecule has 0 radical (unpaired) electrons. The Balaban J connectivity index is 2.54. The van der Waals surface area contributed by atoms with Crippen molar-refractivity contribution >= 4 is 0 Å². The van der Waals surface area contributed by atoms with Crippen LogP contribution in [-0.2, 0) is 4.74 Å². The molecule has 2 nitrogen and oxygen atoms in total. The number of ether oxygens (including phenoxy) is 1. The van der Waals surface area contributed by atoms with Gasteiger partial charge in [-0.3, -0.25) is 0 Å². The van der Waals surface area contributed by atoms with Gasteiger partial charge in [-0.15, -0.1) is 0 Å². The molecular weight excluding hydrogens is 140 g/mol. The first-order valence-corrected chi connectivity index (χ1v) is 4.35.